The zero-order chi connectivity index (χ0) is 21.1. The molecule has 2 rings (SSSR count). The van der Waals surface area contributed by atoms with Crippen LogP contribution in [0.1, 0.15) is 35.3 Å². The first-order chi connectivity index (χ1) is 13.0. The van der Waals surface area contributed by atoms with Gasteiger partial charge in [0.25, 0.3) is 21.6 Å². The average molecular weight is 405 g/mol. The van der Waals surface area contributed by atoms with Crippen molar-refractivity contribution < 1.29 is 18.1 Å². The maximum absolute atomic E-state index is 12.8. The van der Waals surface area contributed by atoms with E-state index in [4.69, 9.17) is 0 Å². The fraction of sp³-hybridized carbons (Fsp3) is 0.316. The number of rotatable bonds is 7. The lowest BCUT2D eigenvalue weighted by atomic mass is 10.1. The van der Waals surface area contributed by atoms with Gasteiger partial charge in [-0.3, -0.25) is 19.6 Å². The van der Waals surface area contributed by atoms with E-state index in [2.05, 4.69) is 10.0 Å². The Kier molecular flexibility index (Phi) is 6.40. The number of non-ortho nitro benzene ring substituents is 1. The largest absolute Gasteiger partial charge is 0.352 e. The third-order valence-corrected chi connectivity index (χ3v) is 5.47. The van der Waals surface area contributed by atoms with Crippen molar-refractivity contribution in [2.75, 3.05) is 11.3 Å². The van der Waals surface area contributed by atoms with Gasteiger partial charge in [0.2, 0.25) is 0 Å². The lowest BCUT2D eigenvalue weighted by molar-refractivity contribution is -0.384. The van der Waals surface area contributed by atoms with Crippen LogP contribution in [0.4, 0.5) is 11.4 Å². The highest BCUT2D eigenvalue weighted by molar-refractivity contribution is 7.92. The molecule has 0 aliphatic carbocycles. The number of hydrogen-bond acceptors (Lipinski definition) is 5. The van der Waals surface area contributed by atoms with Crippen molar-refractivity contribution in [2.45, 2.75) is 32.6 Å². The summed E-state index contributed by atoms with van der Waals surface area (Å²) in [7, 11) is -4.03. The van der Waals surface area contributed by atoms with Gasteiger partial charge in [0, 0.05) is 24.2 Å². The summed E-state index contributed by atoms with van der Waals surface area (Å²) in [5, 5.41) is 13.7. The zero-order valence-corrected chi connectivity index (χ0v) is 17.0. The highest BCUT2D eigenvalue weighted by Crippen LogP contribution is 2.25. The van der Waals surface area contributed by atoms with Crippen LogP contribution in [0.15, 0.2) is 41.3 Å². The molecule has 0 saturated heterocycles. The predicted octanol–water partition coefficient (Wildman–Crippen LogP) is 3.40. The fourth-order valence-corrected chi connectivity index (χ4v) is 3.59. The number of hydrogen-bond donors (Lipinski definition) is 2. The number of aryl methyl sites for hydroxylation is 2. The summed E-state index contributed by atoms with van der Waals surface area (Å²) in [4.78, 5) is 22.6. The Hall–Kier alpha value is -2.94. The van der Waals surface area contributed by atoms with Gasteiger partial charge in [0.15, 0.2) is 0 Å². The van der Waals surface area contributed by atoms with Gasteiger partial charge in [0.1, 0.15) is 0 Å². The van der Waals surface area contributed by atoms with Gasteiger partial charge < -0.3 is 5.32 Å². The van der Waals surface area contributed by atoms with E-state index in [1.807, 2.05) is 13.8 Å². The second-order valence-electron chi connectivity index (χ2n) is 6.94. The second-order valence-corrected chi connectivity index (χ2v) is 8.62. The number of benzene rings is 2. The first kappa shape index (κ1) is 21.4. The smallest absolute Gasteiger partial charge is 0.271 e. The molecule has 0 fully saturated rings. The molecule has 1 amide bonds. The summed E-state index contributed by atoms with van der Waals surface area (Å²) in [6, 6.07) is 8.19. The van der Waals surface area contributed by atoms with Crippen LogP contribution in [0.3, 0.4) is 0 Å². The minimum Gasteiger partial charge on any atom is -0.352 e. The van der Waals surface area contributed by atoms with E-state index in [1.165, 1.54) is 24.3 Å². The quantitative estimate of drug-likeness (QED) is 0.541. The average Bonchev–Trinajstić information content (AvgIpc) is 2.61. The molecule has 0 spiro atoms. The first-order valence-corrected chi connectivity index (χ1v) is 10.2. The van der Waals surface area contributed by atoms with E-state index >= 15 is 0 Å². The van der Waals surface area contributed by atoms with Crippen LogP contribution in [0.25, 0.3) is 0 Å². The van der Waals surface area contributed by atoms with Crippen LogP contribution in [0, 0.1) is 29.9 Å². The molecule has 0 aliphatic rings. The molecule has 150 valence electrons. The van der Waals surface area contributed by atoms with E-state index in [1.54, 1.807) is 19.9 Å². The van der Waals surface area contributed by atoms with Gasteiger partial charge in [-0.2, -0.15) is 0 Å². The topological polar surface area (TPSA) is 118 Å². The van der Waals surface area contributed by atoms with E-state index in [0.29, 0.717) is 17.7 Å². The van der Waals surface area contributed by atoms with Gasteiger partial charge in [-0.05, 0) is 43.0 Å². The summed E-state index contributed by atoms with van der Waals surface area (Å²) in [5.41, 5.74) is 1.34. The molecule has 0 unspecified atom stereocenters. The van der Waals surface area contributed by atoms with E-state index in [-0.39, 0.29) is 33.7 Å². The molecule has 0 atom stereocenters. The molecule has 9 heteroatoms. The highest BCUT2D eigenvalue weighted by Gasteiger charge is 2.20. The van der Waals surface area contributed by atoms with Crippen LogP contribution in [0.2, 0.25) is 0 Å². The molecule has 2 N–H and O–H groups in total. The van der Waals surface area contributed by atoms with E-state index in [9.17, 15) is 23.3 Å². The van der Waals surface area contributed by atoms with Crippen molar-refractivity contribution >= 4 is 27.3 Å². The Morgan fingerprint density at radius 1 is 1.11 bits per heavy atom. The van der Waals surface area contributed by atoms with E-state index < -0.39 is 14.9 Å². The zero-order valence-electron chi connectivity index (χ0n) is 16.1. The van der Waals surface area contributed by atoms with Crippen LogP contribution < -0.4 is 10.0 Å². The maximum Gasteiger partial charge on any atom is 0.271 e. The number of nitro benzene ring substituents is 1. The van der Waals surface area contributed by atoms with Crippen molar-refractivity contribution in [3.8, 4) is 0 Å². The molecule has 0 saturated carbocycles. The third-order valence-electron chi connectivity index (χ3n) is 4.11. The van der Waals surface area contributed by atoms with Crippen LogP contribution >= 0.6 is 0 Å². The van der Waals surface area contributed by atoms with Gasteiger partial charge >= 0.3 is 0 Å². The molecule has 0 aliphatic heterocycles. The van der Waals surface area contributed by atoms with Crippen molar-refractivity contribution in [2.24, 2.45) is 5.92 Å². The maximum atomic E-state index is 12.8. The second kappa shape index (κ2) is 8.39. The number of nitrogens with one attached hydrogen (secondary N) is 2. The molecule has 2 aromatic carbocycles. The minimum atomic E-state index is -4.03. The van der Waals surface area contributed by atoms with Crippen LogP contribution in [-0.2, 0) is 10.0 Å². The molecule has 0 heterocycles. The SMILES string of the molecule is Cc1ccc([N+](=O)[O-])cc1NS(=O)(=O)c1ccc(C)c(C(=O)NCC(C)C)c1. The summed E-state index contributed by atoms with van der Waals surface area (Å²) in [5.74, 6) is -0.0931. The lowest BCUT2D eigenvalue weighted by Crippen LogP contribution is -2.28. The lowest BCUT2D eigenvalue weighted by Gasteiger charge is -2.13. The van der Waals surface area contributed by atoms with Crippen molar-refractivity contribution in [1.29, 1.82) is 0 Å². The number of carbonyl (C=O) groups excluding carboxylic acids is 1. The molecular weight excluding hydrogens is 382 g/mol. The Balaban J connectivity index is 2.36. The Morgan fingerprint density at radius 3 is 2.36 bits per heavy atom. The van der Waals surface area contributed by atoms with Crippen molar-refractivity contribution in [1.82, 2.24) is 5.32 Å². The molecule has 0 radical (unpaired) electrons. The molecule has 0 bridgehead atoms. The summed E-state index contributed by atoms with van der Waals surface area (Å²) >= 11 is 0. The highest BCUT2D eigenvalue weighted by atomic mass is 32.2. The molecule has 2 aromatic rings. The predicted molar refractivity (Wildman–Crippen MR) is 107 cm³/mol. The van der Waals surface area contributed by atoms with Gasteiger partial charge in [-0.25, -0.2) is 8.42 Å². The Bertz CT molecular complexity index is 1020. The van der Waals surface area contributed by atoms with Gasteiger partial charge in [0.05, 0.1) is 15.5 Å². The molecule has 8 nitrogen and oxygen atoms in total. The Morgan fingerprint density at radius 2 is 1.75 bits per heavy atom. The number of carbonyl (C=O) groups is 1. The fourth-order valence-electron chi connectivity index (χ4n) is 2.44. The normalized spacial score (nSPS) is 11.3. The first-order valence-electron chi connectivity index (χ1n) is 8.68. The molecular formula is C19H23N3O5S. The number of nitrogens with zero attached hydrogens (tertiary/aromatic N) is 1. The van der Waals surface area contributed by atoms with Crippen molar-refractivity contribution in [3.05, 3.63) is 63.2 Å². The number of nitro groups is 1. The van der Waals surface area contributed by atoms with Crippen molar-refractivity contribution in [3.63, 3.8) is 0 Å². The number of sulfonamides is 1. The molecule has 0 aromatic heterocycles. The van der Waals surface area contributed by atoms with Gasteiger partial charge in [-0.1, -0.05) is 26.0 Å². The van der Waals surface area contributed by atoms with E-state index in [0.717, 1.165) is 6.07 Å². The van der Waals surface area contributed by atoms with Crippen LogP contribution in [0.5, 0.6) is 0 Å². The molecule has 28 heavy (non-hydrogen) atoms. The van der Waals surface area contributed by atoms with Gasteiger partial charge in [-0.15, -0.1) is 0 Å². The number of amides is 1. The minimum absolute atomic E-state index is 0.0984. The van der Waals surface area contributed by atoms with Crippen LogP contribution in [-0.4, -0.2) is 25.8 Å². The summed E-state index contributed by atoms with van der Waals surface area (Å²) in [6.07, 6.45) is 0. The Labute approximate surface area is 164 Å². The summed E-state index contributed by atoms with van der Waals surface area (Å²) in [6.45, 7) is 7.75. The standard InChI is InChI=1S/C19H23N3O5S/c1-12(2)11-20-19(23)17-10-16(8-6-13(17)3)28(26,27)21-18-9-15(22(24)25)7-5-14(18)4/h5-10,12,21H,11H2,1-4H3,(H,20,23). The summed E-state index contributed by atoms with van der Waals surface area (Å²) < 4.78 is 27.9. The third kappa shape index (κ3) is 5.07. The number of anilines is 1. The monoisotopic (exact) mass is 405 g/mol.